The van der Waals surface area contributed by atoms with Crippen molar-refractivity contribution >= 4 is 17.7 Å². The normalized spacial score (nSPS) is 10.3. The molecule has 100 valence electrons. The Labute approximate surface area is 115 Å². The summed E-state index contributed by atoms with van der Waals surface area (Å²) in [7, 11) is 1.51. The van der Waals surface area contributed by atoms with Crippen LogP contribution in [-0.4, -0.2) is 22.1 Å². The fraction of sp³-hybridized carbons (Fsp3) is 0.250. The number of nitrogen functional groups attached to an aromatic ring is 1. The summed E-state index contributed by atoms with van der Waals surface area (Å²) >= 11 is 1.51. The van der Waals surface area contributed by atoms with Gasteiger partial charge in [-0.15, -0.1) is 0 Å². The van der Waals surface area contributed by atoms with Crippen molar-refractivity contribution < 1.29 is 4.74 Å². The number of ether oxygens (including phenoxy) is 1. The van der Waals surface area contributed by atoms with Crippen molar-refractivity contribution in [1.82, 2.24) is 15.0 Å². The van der Waals surface area contributed by atoms with Crippen LogP contribution < -0.4 is 16.0 Å². The van der Waals surface area contributed by atoms with E-state index < -0.39 is 0 Å². The van der Waals surface area contributed by atoms with Gasteiger partial charge in [0.25, 0.3) is 0 Å². The number of aryl methyl sites for hydroxylation is 1. The van der Waals surface area contributed by atoms with Gasteiger partial charge in [0.05, 0.1) is 7.11 Å². The minimum Gasteiger partial charge on any atom is -0.467 e. The van der Waals surface area contributed by atoms with E-state index in [9.17, 15) is 0 Å². The first-order chi connectivity index (χ1) is 9.22. The molecule has 0 atom stereocenters. The van der Waals surface area contributed by atoms with Gasteiger partial charge in [0.1, 0.15) is 0 Å². The Morgan fingerprint density at radius 3 is 2.74 bits per heavy atom. The van der Waals surface area contributed by atoms with E-state index in [1.54, 1.807) is 0 Å². The van der Waals surface area contributed by atoms with Gasteiger partial charge < -0.3 is 4.74 Å². The number of anilines is 1. The molecule has 0 amide bonds. The number of aromatic nitrogens is 3. The number of nitrogens with zero attached hydrogens (tertiary/aromatic N) is 3. The van der Waals surface area contributed by atoms with Gasteiger partial charge in [-0.05, 0) is 18.1 Å². The monoisotopic (exact) mass is 277 g/mol. The summed E-state index contributed by atoms with van der Waals surface area (Å²) in [6.45, 7) is 2.08. The summed E-state index contributed by atoms with van der Waals surface area (Å²) in [6.07, 6.45) is 0. The van der Waals surface area contributed by atoms with E-state index in [4.69, 9.17) is 10.6 Å². The Bertz CT molecular complexity index is 541. The lowest BCUT2D eigenvalue weighted by atomic mass is 10.1. The van der Waals surface area contributed by atoms with E-state index in [1.165, 1.54) is 30.0 Å². The van der Waals surface area contributed by atoms with Crippen LogP contribution in [0.25, 0.3) is 0 Å². The van der Waals surface area contributed by atoms with E-state index in [0.717, 1.165) is 5.75 Å². The summed E-state index contributed by atoms with van der Waals surface area (Å²) in [5.41, 5.74) is 4.88. The second-order valence-electron chi connectivity index (χ2n) is 3.79. The Balaban J connectivity index is 2.13. The molecule has 1 aromatic carbocycles. The Hall–Kier alpha value is -1.86. The molecule has 19 heavy (non-hydrogen) atoms. The lowest BCUT2D eigenvalue weighted by Crippen LogP contribution is -2.12. The van der Waals surface area contributed by atoms with Crippen molar-refractivity contribution in [3.8, 4) is 6.01 Å². The molecule has 2 aromatic rings. The number of nitrogens with two attached hydrogens (primary N) is 1. The van der Waals surface area contributed by atoms with E-state index in [-0.39, 0.29) is 6.01 Å². The molecule has 0 aliphatic rings. The number of nitrogens with one attached hydrogen (secondary N) is 1. The average Bonchev–Trinajstić information content (AvgIpc) is 2.46. The zero-order chi connectivity index (χ0) is 13.7. The molecule has 0 unspecified atom stereocenters. The number of hydrogen-bond acceptors (Lipinski definition) is 7. The second kappa shape index (κ2) is 6.35. The van der Waals surface area contributed by atoms with Crippen LogP contribution in [0.4, 0.5) is 5.95 Å². The molecular formula is C12H15N5OS. The van der Waals surface area contributed by atoms with E-state index >= 15 is 0 Å². The summed E-state index contributed by atoms with van der Waals surface area (Å²) in [5, 5.41) is 0.572. The molecule has 0 fully saturated rings. The molecule has 0 bridgehead atoms. The van der Waals surface area contributed by atoms with Gasteiger partial charge >= 0.3 is 6.01 Å². The van der Waals surface area contributed by atoms with Gasteiger partial charge in [-0.2, -0.15) is 15.0 Å². The van der Waals surface area contributed by atoms with Gasteiger partial charge in [-0.1, -0.05) is 36.0 Å². The molecule has 1 heterocycles. The first-order valence-electron chi connectivity index (χ1n) is 5.67. The smallest absolute Gasteiger partial charge is 0.321 e. The zero-order valence-corrected chi connectivity index (χ0v) is 11.6. The Morgan fingerprint density at radius 1 is 1.26 bits per heavy atom. The highest BCUT2D eigenvalue weighted by molar-refractivity contribution is 7.98. The molecule has 7 heteroatoms. The number of rotatable bonds is 5. The molecule has 3 N–H and O–H groups in total. The third kappa shape index (κ3) is 3.55. The minimum absolute atomic E-state index is 0.246. The van der Waals surface area contributed by atoms with Gasteiger partial charge in [-0.3, -0.25) is 5.43 Å². The molecule has 0 aliphatic heterocycles. The zero-order valence-electron chi connectivity index (χ0n) is 10.8. The van der Waals surface area contributed by atoms with Crippen molar-refractivity contribution in [2.45, 2.75) is 17.8 Å². The molecule has 6 nitrogen and oxygen atoms in total. The highest BCUT2D eigenvalue weighted by Gasteiger charge is 2.07. The summed E-state index contributed by atoms with van der Waals surface area (Å²) < 4.78 is 5.00. The third-order valence-electron chi connectivity index (χ3n) is 2.52. The topological polar surface area (TPSA) is 86.0 Å². The molecule has 0 spiro atoms. The highest BCUT2D eigenvalue weighted by Crippen LogP contribution is 2.23. The third-order valence-corrected chi connectivity index (χ3v) is 3.42. The minimum atomic E-state index is 0.246. The number of methoxy groups -OCH3 is 1. The Morgan fingerprint density at radius 2 is 2.05 bits per heavy atom. The van der Waals surface area contributed by atoms with Crippen LogP contribution in [0.3, 0.4) is 0 Å². The van der Waals surface area contributed by atoms with Crippen LogP contribution in [-0.2, 0) is 5.75 Å². The maximum absolute atomic E-state index is 5.31. The standard InChI is InChI=1S/C12H15N5OS/c1-8-5-3-4-6-9(8)7-19-12-15-10(17-13)14-11(16-12)18-2/h3-6H,7,13H2,1-2H3,(H,14,15,16,17). The van der Waals surface area contributed by atoms with Crippen LogP contribution in [0.1, 0.15) is 11.1 Å². The predicted octanol–water partition coefficient (Wildman–Crippen LogP) is 1.77. The average molecular weight is 277 g/mol. The van der Waals surface area contributed by atoms with Crippen molar-refractivity contribution in [3.05, 3.63) is 35.4 Å². The van der Waals surface area contributed by atoms with Gasteiger partial charge in [0, 0.05) is 5.75 Å². The Kier molecular flexibility index (Phi) is 4.53. The van der Waals surface area contributed by atoms with Crippen molar-refractivity contribution in [1.29, 1.82) is 0 Å². The van der Waals surface area contributed by atoms with Crippen LogP contribution in [0, 0.1) is 6.92 Å². The fourth-order valence-electron chi connectivity index (χ4n) is 1.47. The second-order valence-corrected chi connectivity index (χ2v) is 4.73. The highest BCUT2D eigenvalue weighted by atomic mass is 32.2. The van der Waals surface area contributed by atoms with Crippen molar-refractivity contribution in [2.24, 2.45) is 5.84 Å². The predicted molar refractivity (Wildman–Crippen MR) is 74.9 cm³/mol. The SMILES string of the molecule is COc1nc(NN)nc(SCc2ccccc2C)n1. The molecule has 2 rings (SSSR count). The molecule has 1 aromatic heterocycles. The first-order valence-corrected chi connectivity index (χ1v) is 6.65. The maximum atomic E-state index is 5.31. The summed E-state index contributed by atoms with van der Waals surface area (Å²) in [6, 6.07) is 8.45. The van der Waals surface area contributed by atoms with Crippen LogP contribution in [0.15, 0.2) is 29.4 Å². The number of thioether (sulfide) groups is 1. The van der Waals surface area contributed by atoms with E-state index in [0.29, 0.717) is 11.1 Å². The maximum Gasteiger partial charge on any atom is 0.321 e. The summed E-state index contributed by atoms with van der Waals surface area (Å²) in [4.78, 5) is 12.3. The van der Waals surface area contributed by atoms with Crippen LogP contribution in [0.2, 0.25) is 0 Å². The quantitative estimate of drug-likeness (QED) is 0.489. The van der Waals surface area contributed by atoms with Gasteiger partial charge in [0.15, 0.2) is 5.16 Å². The lowest BCUT2D eigenvalue weighted by Gasteiger charge is -2.06. The number of hydrogen-bond donors (Lipinski definition) is 2. The van der Waals surface area contributed by atoms with E-state index in [1.807, 2.05) is 12.1 Å². The van der Waals surface area contributed by atoms with Gasteiger partial charge in [0.2, 0.25) is 5.95 Å². The van der Waals surface area contributed by atoms with Gasteiger partial charge in [-0.25, -0.2) is 5.84 Å². The number of hydrazine groups is 1. The fourth-order valence-corrected chi connectivity index (χ4v) is 2.37. The van der Waals surface area contributed by atoms with Crippen LogP contribution >= 0.6 is 11.8 Å². The summed E-state index contributed by atoms with van der Waals surface area (Å²) in [5.74, 6) is 6.38. The molecule has 0 aliphatic carbocycles. The largest absolute Gasteiger partial charge is 0.467 e. The van der Waals surface area contributed by atoms with E-state index in [2.05, 4.69) is 39.4 Å². The first kappa shape index (κ1) is 13.6. The van der Waals surface area contributed by atoms with Crippen molar-refractivity contribution in [3.63, 3.8) is 0 Å². The van der Waals surface area contributed by atoms with Crippen molar-refractivity contribution in [2.75, 3.05) is 12.5 Å². The molecular weight excluding hydrogens is 262 g/mol. The lowest BCUT2D eigenvalue weighted by molar-refractivity contribution is 0.373. The van der Waals surface area contributed by atoms with Crippen LogP contribution in [0.5, 0.6) is 6.01 Å². The molecule has 0 saturated carbocycles. The molecule has 0 radical (unpaired) electrons. The molecule has 0 saturated heterocycles. The number of benzene rings is 1.